The Morgan fingerprint density at radius 3 is 2.43 bits per heavy atom. The molecule has 4 heterocycles. The highest BCUT2D eigenvalue weighted by atomic mass is 17.2. The van der Waals surface area contributed by atoms with Gasteiger partial charge in [0.2, 0.25) is 12.8 Å². The molecular formula is C35H35N3O16. The Balaban J connectivity index is 1.04. The first-order valence-corrected chi connectivity index (χ1v) is 16.6. The van der Waals surface area contributed by atoms with E-state index in [2.05, 4.69) is 15.8 Å². The number of esters is 1. The van der Waals surface area contributed by atoms with Gasteiger partial charge in [0.1, 0.15) is 48.9 Å². The number of fused-ring (bicyclic) bond motifs is 6. The van der Waals surface area contributed by atoms with Crippen LogP contribution in [0.2, 0.25) is 0 Å². The molecule has 0 radical (unpaired) electrons. The minimum absolute atomic E-state index is 0.0692. The molecule has 6 N–H and O–H groups in total. The van der Waals surface area contributed by atoms with Gasteiger partial charge in [-0.3, -0.25) is 19.4 Å². The molecule has 7 rings (SSSR count). The number of nitrogens with one attached hydrogen (secondary N) is 2. The summed E-state index contributed by atoms with van der Waals surface area (Å²) in [7, 11) is 1.44. The number of aromatic carboxylic acids is 1. The van der Waals surface area contributed by atoms with E-state index in [1.54, 1.807) is 36.4 Å². The number of hydrogen-bond donors (Lipinski definition) is 6. The highest BCUT2D eigenvalue weighted by Crippen LogP contribution is 2.54. The highest BCUT2D eigenvalue weighted by molar-refractivity contribution is 5.90. The minimum atomic E-state index is -1.82. The summed E-state index contributed by atoms with van der Waals surface area (Å²) in [5, 5.41) is 43.3. The van der Waals surface area contributed by atoms with Crippen molar-refractivity contribution in [1.29, 1.82) is 0 Å². The maximum Gasteiger partial charge on any atom is 0.335 e. The van der Waals surface area contributed by atoms with Gasteiger partial charge >= 0.3 is 17.9 Å². The SMILES string of the molecule is CN=C(NCc1ccc(C(=O)O)cc1)NO[C@@H]1[C@H](O)[C@@H](COC(=O)CC(=O)O)O[C@@H](O)[C@@H]1OOc1ccc2c(c1)[C@@H]1Oc3cc4c(cc3[C@H]1CO2)OCO4. The number of benzene rings is 3. The summed E-state index contributed by atoms with van der Waals surface area (Å²) < 4.78 is 33.8. The number of carboxylic acids is 2. The molecule has 19 heteroatoms. The van der Waals surface area contributed by atoms with Gasteiger partial charge < -0.3 is 59.1 Å². The quantitative estimate of drug-likeness (QED) is 0.0379. The number of nitrogens with zero attached hydrogens (tertiary/aromatic N) is 1. The molecule has 0 unspecified atom stereocenters. The molecule has 0 amide bonds. The van der Waals surface area contributed by atoms with Gasteiger partial charge in [-0.15, -0.1) is 0 Å². The van der Waals surface area contributed by atoms with E-state index in [1.165, 1.54) is 19.2 Å². The van der Waals surface area contributed by atoms with Gasteiger partial charge in [-0.1, -0.05) is 12.1 Å². The number of hydroxylamine groups is 1. The van der Waals surface area contributed by atoms with Crippen LogP contribution >= 0.6 is 0 Å². The van der Waals surface area contributed by atoms with Gasteiger partial charge in [0, 0.05) is 30.8 Å². The zero-order valence-corrected chi connectivity index (χ0v) is 28.4. The third-order valence-corrected chi connectivity index (χ3v) is 9.00. The maximum atomic E-state index is 11.9. The van der Waals surface area contributed by atoms with Crippen molar-refractivity contribution in [3.63, 3.8) is 0 Å². The molecule has 0 spiro atoms. The van der Waals surface area contributed by atoms with Gasteiger partial charge in [-0.25, -0.2) is 10.3 Å². The number of carbonyl (C=O) groups excluding carboxylic acids is 1. The van der Waals surface area contributed by atoms with Crippen LogP contribution in [0, 0.1) is 0 Å². The Kier molecular flexibility index (Phi) is 10.6. The van der Waals surface area contributed by atoms with Crippen LogP contribution in [0.5, 0.6) is 28.7 Å². The summed E-state index contributed by atoms with van der Waals surface area (Å²) in [6.45, 7) is 0.0473. The lowest BCUT2D eigenvalue weighted by atomic mass is 9.89. The van der Waals surface area contributed by atoms with E-state index >= 15 is 0 Å². The number of guanidine groups is 1. The predicted octanol–water partition coefficient (Wildman–Crippen LogP) is 1.16. The second-order valence-electron chi connectivity index (χ2n) is 12.5. The molecule has 7 atom stereocenters. The smallest absolute Gasteiger partial charge is 0.335 e. The number of carbonyl (C=O) groups is 3. The number of aliphatic hydroxyl groups excluding tert-OH is 2. The Morgan fingerprint density at radius 1 is 0.907 bits per heavy atom. The van der Waals surface area contributed by atoms with Gasteiger partial charge in [-0.05, 0) is 42.0 Å². The maximum absolute atomic E-state index is 11.9. The Bertz CT molecular complexity index is 1920. The zero-order chi connectivity index (χ0) is 37.9. The topological polar surface area (TPSA) is 252 Å². The second-order valence-corrected chi connectivity index (χ2v) is 12.5. The van der Waals surface area contributed by atoms with Crippen molar-refractivity contribution in [2.24, 2.45) is 4.99 Å². The minimum Gasteiger partial charge on any atom is -0.492 e. The predicted molar refractivity (Wildman–Crippen MR) is 178 cm³/mol. The fourth-order valence-electron chi connectivity index (χ4n) is 6.26. The lowest BCUT2D eigenvalue weighted by Crippen LogP contribution is -2.62. The van der Waals surface area contributed by atoms with Gasteiger partial charge in [-0.2, -0.15) is 4.89 Å². The molecule has 3 aromatic carbocycles. The molecule has 4 aliphatic rings. The molecule has 0 aliphatic carbocycles. The number of aliphatic hydroxyl groups is 2. The fourth-order valence-corrected chi connectivity index (χ4v) is 6.26. The summed E-state index contributed by atoms with van der Waals surface area (Å²) in [6.07, 6.45) is -9.22. The fraction of sp³-hybridized carbons (Fsp3) is 0.371. The molecule has 1 fully saturated rings. The van der Waals surface area contributed by atoms with Crippen LogP contribution in [0.15, 0.2) is 59.6 Å². The van der Waals surface area contributed by atoms with Crippen LogP contribution in [0.3, 0.4) is 0 Å². The first-order valence-electron chi connectivity index (χ1n) is 16.6. The standard InChI is InChI=1S/C35H35N3O16/c1-36-35(37-12-16-2-4-17(5-3-16)33(43)44)38-52-31-29(42)26(14-47-28(41)11-27(39)40)51-34(45)32(31)54-53-18-6-7-22-20(8-18)30-21(13-46-22)19-9-24-25(49-15-48-24)10-23(19)50-30/h2-10,21,26,29-32,34,42,45H,11-15H2,1H3,(H,39,40)(H,43,44)(H2,36,37,38)/t21-,26-,29-,30+,31-,32-,34-/m1/s1. The second kappa shape index (κ2) is 15.6. The molecule has 0 saturated carbocycles. The van der Waals surface area contributed by atoms with E-state index in [0.717, 1.165) is 5.56 Å². The van der Waals surface area contributed by atoms with Crippen LogP contribution in [-0.4, -0.2) is 102 Å². The van der Waals surface area contributed by atoms with Crippen molar-refractivity contribution < 1.29 is 77.8 Å². The third kappa shape index (κ3) is 7.75. The summed E-state index contributed by atoms with van der Waals surface area (Å²) in [6, 6.07) is 14.7. The van der Waals surface area contributed by atoms with E-state index in [4.69, 9.17) is 53.2 Å². The van der Waals surface area contributed by atoms with Gasteiger partial charge in [0.05, 0.1) is 18.1 Å². The molecule has 286 valence electrons. The van der Waals surface area contributed by atoms with Crippen LogP contribution in [0.1, 0.15) is 45.5 Å². The van der Waals surface area contributed by atoms with Crippen molar-refractivity contribution in [3.8, 4) is 28.7 Å². The van der Waals surface area contributed by atoms with Crippen LogP contribution in [0.4, 0.5) is 0 Å². The number of carboxylic acid groups (broad SMARTS) is 2. The molecule has 54 heavy (non-hydrogen) atoms. The van der Waals surface area contributed by atoms with Crippen molar-refractivity contribution in [2.75, 3.05) is 27.1 Å². The highest BCUT2D eigenvalue weighted by Gasteiger charge is 2.49. The molecular weight excluding hydrogens is 718 g/mol. The van der Waals surface area contributed by atoms with E-state index in [0.29, 0.717) is 40.7 Å². The molecule has 0 aromatic heterocycles. The number of aliphatic imine (C=N–C) groups is 1. The number of aliphatic carboxylic acids is 1. The van der Waals surface area contributed by atoms with E-state index < -0.39 is 67.7 Å². The van der Waals surface area contributed by atoms with Crippen molar-refractivity contribution >= 4 is 23.9 Å². The summed E-state index contributed by atoms with van der Waals surface area (Å²) >= 11 is 0. The number of ether oxygens (including phenoxy) is 6. The molecule has 1 saturated heterocycles. The van der Waals surface area contributed by atoms with E-state index in [9.17, 15) is 24.6 Å². The largest absolute Gasteiger partial charge is 0.492 e. The lowest BCUT2D eigenvalue weighted by Gasteiger charge is -2.40. The summed E-state index contributed by atoms with van der Waals surface area (Å²) in [5.41, 5.74) is 4.97. The van der Waals surface area contributed by atoms with Crippen molar-refractivity contribution in [2.45, 2.75) is 55.7 Å². The number of rotatable bonds is 12. The van der Waals surface area contributed by atoms with E-state index in [1.807, 2.05) is 6.07 Å². The Morgan fingerprint density at radius 2 is 1.69 bits per heavy atom. The van der Waals surface area contributed by atoms with Gasteiger partial charge in [0.25, 0.3) is 0 Å². The lowest BCUT2D eigenvalue weighted by molar-refractivity contribution is -0.372. The number of hydrogen-bond acceptors (Lipinski definition) is 15. The molecule has 4 aliphatic heterocycles. The Hall–Kier alpha value is -5.86. The average Bonchev–Trinajstić information content (AvgIpc) is 3.77. The van der Waals surface area contributed by atoms with E-state index in [-0.39, 0.29) is 36.5 Å². The van der Waals surface area contributed by atoms with Crippen molar-refractivity contribution in [3.05, 3.63) is 76.9 Å². The first-order chi connectivity index (χ1) is 26.1. The third-order valence-electron chi connectivity index (χ3n) is 9.00. The molecule has 3 aromatic rings. The molecule has 0 bridgehead atoms. The van der Waals surface area contributed by atoms with Crippen LogP contribution < -0.4 is 34.6 Å². The zero-order valence-electron chi connectivity index (χ0n) is 28.4. The Labute approximate surface area is 305 Å². The summed E-state index contributed by atoms with van der Waals surface area (Å²) in [4.78, 5) is 55.1. The van der Waals surface area contributed by atoms with Crippen LogP contribution in [0.25, 0.3) is 0 Å². The monoisotopic (exact) mass is 753 g/mol. The van der Waals surface area contributed by atoms with Crippen LogP contribution in [-0.2, 0) is 35.3 Å². The molecule has 19 nitrogen and oxygen atoms in total. The average molecular weight is 754 g/mol. The van der Waals surface area contributed by atoms with Gasteiger partial charge in [0.15, 0.2) is 29.6 Å². The normalized spacial score (nSPS) is 24.9. The van der Waals surface area contributed by atoms with Crippen molar-refractivity contribution in [1.82, 2.24) is 10.8 Å². The first kappa shape index (κ1) is 36.5. The summed E-state index contributed by atoms with van der Waals surface area (Å²) in [5.74, 6) is -1.07.